The Kier molecular flexibility index (Phi) is 4.89. The second kappa shape index (κ2) is 7.40. The molecule has 0 amide bonds. The first kappa shape index (κ1) is 19.8. The number of methoxy groups -OCH3 is 3. The summed E-state index contributed by atoms with van der Waals surface area (Å²) in [6.07, 6.45) is 6.22. The molecule has 0 radical (unpaired) electrons. The molecule has 0 saturated heterocycles. The predicted octanol–water partition coefficient (Wildman–Crippen LogP) is 2.53. The summed E-state index contributed by atoms with van der Waals surface area (Å²) in [4.78, 5) is 38.1. The van der Waals surface area contributed by atoms with Crippen LogP contribution in [0.5, 0.6) is 5.75 Å². The summed E-state index contributed by atoms with van der Waals surface area (Å²) in [6.45, 7) is 0. The molecule has 2 aliphatic rings. The SMILES string of the molecule is COc1ccc2cc(C(=O)C3C=C4C(=CC=CC4(OC)OC)OC3=O)c(=O)oc2c1. The minimum absolute atomic E-state index is 0.216. The number of fused-ring (bicyclic) bond motifs is 2. The first-order valence-electron chi connectivity index (χ1n) is 9.02. The fourth-order valence-corrected chi connectivity index (χ4v) is 3.49. The minimum atomic E-state index is -1.35. The van der Waals surface area contributed by atoms with Gasteiger partial charge in [-0.2, -0.15) is 0 Å². The van der Waals surface area contributed by atoms with E-state index in [-0.39, 0.29) is 16.9 Å². The molecule has 1 unspecified atom stereocenters. The number of benzene rings is 1. The maximum Gasteiger partial charge on any atom is 0.347 e. The maximum absolute atomic E-state index is 13.1. The van der Waals surface area contributed by atoms with Crippen LogP contribution in [0.4, 0.5) is 0 Å². The third-order valence-corrected chi connectivity index (χ3v) is 5.10. The van der Waals surface area contributed by atoms with E-state index >= 15 is 0 Å². The molecule has 4 rings (SSSR count). The monoisotopic (exact) mass is 410 g/mol. The first-order valence-corrected chi connectivity index (χ1v) is 9.02. The summed E-state index contributed by atoms with van der Waals surface area (Å²) < 4.78 is 26.6. The molecule has 0 spiro atoms. The molecule has 1 atom stereocenters. The zero-order valence-electron chi connectivity index (χ0n) is 16.5. The molecule has 2 heterocycles. The van der Waals surface area contributed by atoms with Gasteiger partial charge < -0.3 is 23.4 Å². The van der Waals surface area contributed by atoms with E-state index in [4.69, 9.17) is 23.4 Å². The zero-order valence-corrected chi connectivity index (χ0v) is 16.5. The summed E-state index contributed by atoms with van der Waals surface area (Å²) in [7, 11) is 4.34. The number of carbonyl (C=O) groups excluding carboxylic acids is 2. The van der Waals surface area contributed by atoms with Crippen LogP contribution in [0.25, 0.3) is 11.0 Å². The molecular formula is C22H18O8. The number of ketones is 1. The molecule has 0 fully saturated rings. The van der Waals surface area contributed by atoms with E-state index in [1.54, 1.807) is 36.4 Å². The Balaban J connectivity index is 1.78. The summed E-state index contributed by atoms with van der Waals surface area (Å²) in [6, 6.07) is 6.25. The van der Waals surface area contributed by atoms with Gasteiger partial charge >= 0.3 is 11.6 Å². The van der Waals surface area contributed by atoms with Crippen molar-refractivity contribution in [2.24, 2.45) is 5.92 Å². The highest BCUT2D eigenvalue weighted by Crippen LogP contribution is 2.38. The molecule has 1 aliphatic carbocycles. The van der Waals surface area contributed by atoms with E-state index in [2.05, 4.69) is 0 Å². The fourth-order valence-electron chi connectivity index (χ4n) is 3.49. The van der Waals surface area contributed by atoms with Crippen molar-refractivity contribution in [3.05, 3.63) is 75.9 Å². The van der Waals surface area contributed by atoms with Crippen molar-refractivity contribution in [3.63, 3.8) is 0 Å². The molecule has 0 N–H and O–H groups in total. The fraction of sp³-hybridized carbons (Fsp3) is 0.227. The molecule has 1 aromatic heterocycles. The van der Waals surface area contributed by atoms with Gasteiger partial charge in [-0.25, -0.2) is 4.79 Å². The summed E-state index contributed by atoms with van der Waals surface area (Å²) in [5, 5.41) is 0.514. The van der Waals surface area contributed by atoms with Crippen molar-refractivity contribution >= 4 is 22.7 Å². The average Bonchev–Trinajstić information content (AvgIpc) is 2.76. The van der Waals surface area contributed by atoms with Gasteiger partial charge in [0.15, 0.2) is 5.78 Å². The Morgan fingerprint density at radius 1 is 1.10 bits per heavy atom. The van der Waals surface area contributed by atoms with Crippen molar-refractivity contribution in [2.45, 2.75) is 5.79 Å². The number of Topliss-reactive ketones (excluding diaryl/α,β-unsaturated/α-hetero) is 1. The average molecular weight is 410 g/mol. The third kappa shape index (κ3) is 3.06. The quantitative estimate of drug-likeness (QED) is 0.244. The Morgan fingerprint density at radius 2 is 1.87 bits per heavy atom. The van der Waals surface area contributed by atoms with Crippen LogP contribution in [-0.4, -0.2) is 38.9 Å². The highest BCUT2D eigenvalue weighted by atomic mass is 16.7. The van der Waals surface area contributed by atoms with E-state index in [9.17, 15) is 14.4 Å². The summed E-state index contributed by atoms with van der Waals surface area (Å²) in [5.41, 5.74) is -0.490. The van der Waals surface area contributed by atoms with E-state index in [0.29, 0.717) is 16.7 Å². The Morgan fingerprint density at radius 3 is 2.57 bits per heavy atom. The molecule has 30 heavy (non-hydrogen) atoms. The van der Waals surface area contributed by atoms with Crippen molar-refractivity contribution in [1.82, 2.24) is 0 Å². The van der Waals surface area contributed by atoms with Crippen LogP contribution in [-0.2, 0) is 19.0 Å². The molecule has 8 nitrogen and oxygen atoms in total. The number of hydrogen-bond acceptors (Lipinski definition) is 8. The zero-order chi connectivity index (χ0) is 21.5. The van der Waals surface area contributed by atoms with E-state index in [1.807, 2.05) is 0 Å². The molecule has 154 valence electrons. The molecule has 1 aliphatic heterocycles. The standard InChI is InChI=1S/C22H18O8/c1-26-13-7-6-12-9-14(20(24)30-18(12)10-13)19(23)15-11-16-17(29-21(15)25)5-4-8-22(16,27-2)28-3/h4-11,15H,1-3H3. The van der Waals surface area contributed by atoms with Crippen LogP contribution in [0, 0.1) is 5.92 Å². The normalized spacial score (nSPS) is 19.6. The Labute approximate surface area is 171 Å². The van der Waals surface area contributed by atoms with Gasteiger partial charge in [-0.1, -0.05) is 6.08 Å². The number of allylic oxidation sites excluding steroid dienone is 2. The first-order chi connectivity index (χ1) is 14.4. The maximum atomic E-state index is 13.1. The summed E-state index contributed by atoms with van der Waals surface area (Å²) in [5.74, 6) is -3.49. The number of hydrogen-bond donors (Lipinski definition) is 0. The number of esters is 1. The lowest BCUT2D eigenvalue weighted by molar-refractivity contribution is -0.153. The third-order valence-electron chi connectivity index (χ3n) is 5.10. The van der Waals surface area contributed by atoms with Crippen LogP contribution in [0.2, 0.25) is 0 Å². The largest absolute Gasteiger partial charge is 0.497 e. The van der Waals surface area contributed by atoms with Gasteiger partial charge in [0.2, 0.25) is 5.79 Å². The van der Waals surface area contributed by atoms with Gasteiger partial charge in [-0.3, -0.25) is 9.59 Å². The van der Waals surface area contributed by atoms with Crippen LogP contribution in [0.1, 0.15) is 10.4 Å². The van der Waals surface area contributed by atoms with Crippen LogP contribution >= 0.6 is 0 Å². The molecule has 1 aromatic carbocycles. The highest BCUT2D eigenvalue weighted by Gasteiger charge is 2.44. The number of rotatable bonds is 5. The molecule has 2 aromatic rings. The van der Waals surface area contributed by atoms with E-state index < -0.39 is 29.1 Å². The van der Waals surface area contributed by atoms with Gasteiger partial charge in [0.25, 0.3) is 0 Å². The second-order valence-electron chi connectivity index (χ2n) is 6.66. The van der Waals surface area contributed by atoms with Crippen molar-refractivity contribution in [2.75, 3.05) is 21.3 Å². The van der Waals surface area contributed by atoms with Gasteiger partial charge in [0.05, 0.1) is 12.7 Å². The van der Waals surface area contributed by atoms with Crippen LogP contribution in [0.15, 0.2) is 69.1 Å². The van der Waals surface area contributed by atoms with E-state index in [1.165, 1.54) is 33.5 Å². The lowest BCUT2D eigenvalue weighted by atomic mass is 9.88. The molecular weight excluding hydrogens is 392 g/mol. The molecule has 0 bridgehead atoms. The second-order valence-corrected chi connectivity index (χ2v) is 6.66. The number of carbonyl (C=O) groups is 2. The van der Waals surface area contributed by atoms with Crippen LogP contribution in [0.3, 0.4) is 0 Å². The van der Waals surface area contributed by atoms with E-state index in [0.717, 1.165) is 0 Å². The minimum Gasteiger partial charge on any atom is -0.497 e. The lowest BCUT2D eigenvalue weighted by Crippen LogP contribution is -2.41. The molecule has 0 saturated carbocycles. The number of ether oxygens (including phenoxy) is 4. The topological polar surface area (TPSA) is 101 Å². The highest BCUT2D eigenvalue weighted by molar-refractivity contribution is 6.11. The Bertz CT molecular complexity index is 1190. The summed E-state index contributed by atoms with van der Waals surface area (Å²) >= 11 is 0. The lowest BCUT2D eigenvalue weighted by Gasteiger charge is -2.35. The Hall–Kier alpha value is -3.49. The van der Waals surface area contributed by atoms with Crippen molar-refractivity contribution < 1.29 is 33.0 Å². The van der Waals surface area contributed by atoms with Gasteiger partial charge in [0, 0.05) is 25.7 Å². The van der Waals surface area contributed by atoms with Crippen molar-refractivity contribution in [1.29, 1.82) is 0 Å². The smallest absolute Gasteiger partial charge is 0.347 e. The molecule has 8 heteroatoms. The van der Waals surface area contributed by atoms with Gasteiger partial charge in [0.1, 0.15) is 28.6 Å². The predicted molar refractivity (Wildman–Crippen MR) is 105 cm³/mol. The van der Waals surface area contributed by atoms with Gasteiger partial charge in [-0.15, -0.1) is 0 Å². The van der Waals surface area contributed by atoms with Crippen molar-refractivity contribution in [3.8, 4) is 5.75 Å². The van der Waals surface area contributed by atoms with Crippen LogP contribution < -0.4 is 10.4 Å². The van der Waals surface area contributed by atoms with Gasteiger partial charge in [-0.05, 0) is 36.4 Å².